The molecule has 1 heterocycles. The Morgan fingerprint density at radius 3 is 2.32 bits per heavy atom. The van der Waals surface area contributed by atoms with Crippen molar-refractivity contribution in [2.45, 2.75) is 24.0 Å². The van der Waals surface area contributed by atoms with E-state index in [1.54, 1.807) is 24.3 Å². The van der Waals surface area contributed by atoms with Crippen molar-refractivity contribution in [1.29, 1.82) is 0 Å². The normalized spacial score (nSPS) is 25.5. The van der Waals surface area contributed by atoms with E-state index in [-0.39, 0.29) is 4.92 Å². The number of carbonyl (C=O) groups is 1. The summed E-state index contributed by atoms with van der Waals surface area (Å²) in [6.07, 6.45) is 0. The summed E-state index contributed by atoms with van der Waals surface area (Å²) in [6, 6.07) is 13.4. The molecule has 0 aromatic heterocycles. The monoisotopic (exact) mass is 360 g/mol. The molecule has 0 unspecified atom stereocenters. The van der Waals surface area contributed by atoms with E-state index in [2.05, 4.69) is 5.32 Å². The lowest BCUT2D eigenvalue weighted by Crippen LogP contribution is -2.37. The van der Waals surface area contributed by atoms with Crippen LogP contribution in [0.15, 0.2) is 54.6 Å². The van der Waals surface area contributed by atoms with Crippen LogP contribution >= 0.6 is 11.6 Å². The zero-order chi connectivity index (χ0) is 18.0. The van der Waals surface area contributed by atoms with Crippen LogP contribution in [-0.4, -0.2) is 30.1 Å². The maximum atomic E-state index is 12.3. The lowest BCUT2D eigenvalue weighted by atomic mass is 9.85. The van der Waals surface area contributed by atoms with E-state index in [4.69, 9.17) is 16.3 Å². The van der Waals surface area contributed by atoms with Crippen molar-refractivity contribution in [2.75, 3.05) is 7.11 Å². The topological polar surface area (TPSA) is 81.5 Å². The average Bonchev–Trinajstić information content (AvgIpc) is 3.03. The van der Waals surface area contributed by atoms with E-state index < -0.39 is 30.0 Å². The van der Waals surface area contributed by atoms with Gasteiger partial charge in [0, 0.05) is 9.95 Å². The largest absolute Gasteiger partial charge is 0.468 e. The molecule has 0 radical (unpaired) electrons. The number of nitrogens with one attached hydrogen (secondary N) is 1. The van der Waals surface area contributed by atoms with E-state index in [1.807, 2.05) is 30.3 Å². The van der Waals surface area contributed by atoms with Gasteiger partial charge in [0.2, 0.25) is 6.04 Å². The predicted octanol–water partition coefficient (Wildman–Crippen LogP) is 2.96. The van der Waals surface area contributed by atoms with Gasteiger partial charge >= 0.3 is 5.97 Å². The number of ether oxygens (including phenoxy) is 1. The molecule has 1 aliphatic heterocycles. The third-order valence-corrected chi connectivity index (χ3v) is 4.79. The molecule has 7 heteroatoms. The van der Waals surface area contributed by atoms with Crippen LogP contribution in [0.1, 0.15) is 23.1 Å². The Morgan fingerprint density at radius 2 is 1.76 bits per heavy atom. The first-order chi connectivity index (χ1) is 12.0. The van der Waals surface area contributed by atoms with Gasteiger partial charge in [0.1, 0.15) is 12.1 Å². The van der Waals surface area contributed by atoms with Crippen molar-refractivity contribution in [2.24, 2.45) is 0 Å². The van der Waals surface area contributed by atoms with Crippen LogP contribution in [0.4, 0.5) is 0 Å². The molecule has 1 N–H and O–H groups in total. The fourth-order valence-electron chi connectivity index (χ4n) is 3.42. The van der Waals surface area contributed by atoms with Crippen molar-refractivity contribution in [3.05, 3.63) is 80.9 Å². The highest BCUT2D eigenvalue weighted by Crippen LogP contribution is 2.40. The predicted molar refractivity (Wildman–Crippen MR) is 93.1 cm³/mol. The molecule has 0 aliphatic carbocycles. The van der Waals surface area contributed by atoms with Gasteiger partial charge in [-0.05, 0) is 23.3 Å². The molecule has 0 bridgehead atoms. The fourth-order valence-corrected chi connectivity index (χ4v) is 3.55. The summed E-state index contributed by atoms with van der Waals surface area (Å²) in [5, 5.41) is 15.5. The summed E-state index contributed by atoms with van der Waals surface area (Å²) in [4.78, 5) is 23.8. The molecule has 0 spiro atoms. The minimum atomic E-state index is -1.01. The number of hydrogen-bond donors (Lipinski definition) is 1. The maximum Gasteiger partial charge on any atom is 0.323 e. The minimum absolute atomic E-state index is 0.327. The van der Waals surface area contributed by atoms with E-state index in [1.165, 1.54) is 7.11 Å². The SMILES string of the molecule is COC(=O)[C@H]1N[C@H](c2ccccc2)[C@@H]([N+](=O)[O-])[C@@H]1c1ccc(Cl)cc1. The second-order valence-corrected chi connectivity index (χ2v) is 6.35. The van der Waals surface area contributed by atoms with Crippen molar-refractivity contribution in [1.82, 2.24) is 5.32 Å². The lowest BCUT2D eigenvalue weighted by molar-refractivity contribution is -0.527. The van der Waals surface area contributed by atoms with Crippen LogP contribution in [0, 0.1) is 10.1 Å². The quantitative estimate of drug-likeness (QED) is 0.515. The van der Waals surface area contributed by atoms with E-state index in [0.717, 1.165) is 5.56 Å². The summed E-state index contributed by atoms with van der Waals surface area (Å²) in [5.74, 6) is -1.19. The number of benzene rings is 2. The third kappa shape index (κ3) is 3.36. The molecule has 25 heavy (non-hydrogen) atoms. The second-order valence-electron chi connectivity index (χ2n) is 5.91. The lowest BCUT2D eigenvalue weighted by Gasteiger charge is -2.19. The van der Waals surface area contributed by atoms with Gasteiger partial charge in [0.15, 0.2) is 0 Å². The molecule has 3 rings (SSSR count). The number of rotatable bonds is 4. The Bertz CT molecular complexity index is 766. The van der Waals surface area contributed by atoms with Crippen LogP contribution in [0.25, 0.3) is 0 Å². The van der Waals surface area contributed by atoms with Crippen LogP contribution < -0.4 is 5.32 Å². The molecule has 130 valence electrons. The number of hydrogen-bond acceptors (Lipinski definition) is 5. The molecule has 0 saturated carbocycles. The molecule has 2 aromatic carbocycles. The molecule has 1 saturated heterocycles. The summed E-state index contributed by atoms with van der Waals surface area (Å²) in [5.41, 5.74) is 1.43. The van der Waals surface area contributed by atoms with Crippen molar-refractivity contribution in [3.63, 3.8) is 0 Å². The molecule has 1 fully saturated rings. The van der Waals surface area contributed by atoms with Gasteiger partial charge in [-0.25, -0.2) is 0 Å². The Labute approximate surface area is 149 Å². The number of halogens is 1. The van der Waals surface area contributed by atoms with Gasteiger partial charge in [-0.3, -0.25) is 20.2 Å². The van der Waals surface area contributed by atoms with Crippen molar-refractivity contribution in [3.8, 4) is 0 Å². The van der Waals surface area contributed by atoms with Gasteiger partial charge in [-0.2, -0.15) is 0 Å². The first kappa shape index (κ1) is 17.4. The molecular formula is C18H17ClN2O4. The second kappa shape index (κ2) is 7.21. The smallest absolute Gasteiger partial charge is 0.323 e. The zero-order valence-corrected chi connectivity index (χ0v) is 14.2. The van der Waals surface area contributed by atoms with E-state index in [9.17, 15) is 14.9 Å². The molecule has 4 atom stereocenters. The van der Waals surface area contributed by atoms with Gasteiger partial charge in [-0.1, -0.05) is 54.1 Å². The first-order valence-corrected chi connectivity index (χ1v) is 8.18. The van der Waals surface area contributed by atoms with Crippen LogP contribution in [-0.2, 0) is 9.53 Å². The Balaban J connectivity index is 2.08. The first-order valence-electron chi connectivity index (χ1n) is 7.80. The number of esters is 1. The van der Waals surface area contributed by atoms with Gasteiger partial charge < -0.3 is 4.74 Å². The molecule has 1 aliphatic rings. The Morgan fingerprint density at radius 1 is 1.12 bits per heavy atom. The third-order valence-electron chi connectivity index (χ3n) is 4.54. The molecule has 2 aromatic rings. The van der Waals surface area contributed by atoms with Gasteiger partial charge in [0.05, 0.1) is 13.0 Å². The number of nitrogens with zero attached hydrogens (tertiary/aromatic N) is 1. The highest BCUT2D eigenvalue weighted by atomic mass is 35.5. The van der Waals surface area contributed by atoms with Crippen LogP contribution in [0.2, 0.25) is 5.02 Å². The van der Waals surface area contributed by atoms with Gasteiger partial charge in [0.25, 0.3) is 0 Å². The zero-order valence-electron chi connectivity index (χ0n) is 13.5. The molecule has 6 nitrogen and oxygen atoms in total. The summed E-state index contributed by atoms with van der Waals surface area (Å²) in [6.45, 7) is 0. The van der Waals surface area contributed by atoms with Crippen molar-refractivity contribution >= 4 is 17.6 Å². The Hall–Kier alpha value is -2.44. The van der Waals surface area contributed by atoms with E-state index in [0.29, 0.717) is 10.6 Å². The summed E-state index contributed by atoms with van der Waals surface area (Å²) < 4.78 is 4.87. The molecular weight excluding hydrogens is 344 g/mol. The van der Waals surface area contributed by atoms with Gasteiger partial charge in [-0.15, -0.1) is 0 Å². The number of methoxy groups -OCH3 is 1. The van der Waals surface area contributed by atoms with E-state index >= 15 is 0 Å². The minimum Gasteiger partial charge on any atom is -0.468 e. The van der Waals surface area contributed by atoms with Crippen LogP contribution in [0.3, 0.4) is 0 Å². The summed E-state index contributed by atoms with van der Waals surface area (Å²) >= 11 is 5.93. The highest BCUT2D eigenvalue weighted by Gasteiger charge is 2.54. The standard InChI is InChI=1S/C18H17ClN2O4/c1-25-18(22)16-14(11-7-9-13(19)10-8-11)17(21(23)24)15(20-16)12-5-3-2-4-6-12/h2-10,14-17,20H,1H3/t14-,15-,16+,17+/m1/s1. The molecule has 0 amide bonds. The number of carbonyl (C=O) groups excluding carboxylic acids is 1. The fraction of sp³-hybridized carbons (Fsp3) is 0.278. The number of nitro groups is 1. The maximum absolute atomic E-state index is 12.3. The average molecular weight is 361 g/mol. The van der Waals surface area contributed by atoms with Crippen molar-refractivity contribution < 1.29 is 14.5 Å². The summed E-state index contributed by atoms with van der Waals surface area (Å²) in [7, 11) is 1.28. The van der Waals surface area contributed by atoms with Crippen LogP contribution in [0.5, 0.6) is 0 Å². The Kier molecular flexibility index (Phi) is 5.01. The highest BCUT2D eigenvalue weighted by molar-refractivity contribution is 6.30.